The number of hydrogen-bond donors (Lipinski definition) is 1. The highest BCUT2D eigenvalue weighted by molar-refractivity contribution is 5.74. The number of amides is 2. The van der Waals surface area contributed by atoms with Gasteiger partial charge in [0.15, 0.2) is 0 Å². The Labute approximate surface area is 93.4 Å². The van der Waals surface area contributed by atoms with Gasteiger partial charge in [0.1, 0.15) is 0 Å². The zero-order chi connectivity index (χ0) is 11.2. The van der Waals surface area contributed by atoms with E-state index in [1.54, 1.807) is 22.0 Å². The van der Waals surface area contributed by atoms with Crippen LogP contribution in [0.2, 0.25) is 0 Å². The molecule has 0 aliphatic carbocycles. The molecule has 0 saturated carbocycles. The molecule has 88 valence electrons. The van der Waals surface area contributed by atoms with Gasteiger partial charge in [-0.2, -0.15) is 0 Å². The second-order valence-corrected chi connectivity index (χ2v) is 3.50. The van der Waals surface area contributed by atoms with Gasteiger partial charge >= 0.3 is 6.03 Å². The number of urea groups is 1. The molecule has 1 aromatic heterocycles. The minimum Gasteiger partial charge on any atom is -0.378 e. The fourth-order valence-electron chi connectivity index (χ4n) is 1.51. The van der Waals surface area contributed by atoms with Crippen LogP contribution in [0, 0.1) is 0 Å². The topological polar surface area (TPSA) is 72.3 Å². The predicted octanol–water partition coefficient (Wildman–Crippen LogP) is -0.680. The second kappa shape index (κ2) is 5.45. The maximum Gasteiger partial charge on any atom is 0.317 e. The molecule has 0 radical (unpaired) electrons. The van der Waals surface area contributed by atoms with Crippen LogP contribution in [0.4, 0.5) is 4.79 Å². The first-order valence-electron chi connectivity index (χ1n) is 5.31. The average molecular weight is 225 g/mol. The van der Waals surface area contributed by atoms with Crippen LogP contribution in [-0.4, -0.2) is 58.8 Å². The Balaban J connectivity index is 1.67. The summed E-state index contributed by atoms with van der Waals surface area (Å²) in [7, 11) is 0. The molecule has 1 fully saturated rings. The lowest BCUT2D eigenvalue weighted by atomic mass is 10.4. The third-order valence-electron chi connectivity index (χ3n) is 2.39. The molecule has 0 bridgehead atoms. The van der Waals surface area contributed by atoms with E-state index in [-0.39, 0.29) is 6.03 Å². The first kappa shape index (κ1) is 10.9. The summed E-state index contributed by atoms with van der Waals surface area (Å²) < 4.78 is 6.85. The zero-order valence-electron chi connectivity index (χ0n) is 9.00. The van der Waals surface area contributed by atoms with Gasteiger partial charge in [0.05, 0.1) is 26.0 Å². The lowest BCUT2D eigenvalue weighted by Crippen LogP contribution is -2.46. The number of hydrogen-bond acceptors (Lipinski definition) is 4. The second-order valence-electron chi connectivity index (χ2n) is 3.50. The number of nitrogens with zero attached hydrogens (tertiary/aromatic N) is 4. The Hall–Kier alpha value is -1.63. The molecule has 0 unspecified atom stereocenters. The van der Waals surface area contributed by atoms with Gasteiger partial charge in [-0.05, 0) is 0 Å². The van der Waals surface area contributed by atoms with Gasteiger partial charge in [0.25, 0.3) is 0 Å². The van der Waals surface area contributed by atoms with E-state index in [4.69, 9.17) is 4.74 Å². The lowest BCUT2D eigenvalue weighted by molar-refractivity contribution is 0.0532. The minimum atomic E-state index is -0.0385. The highest BCUT2D eigenvalue weighted by Crippen LogP contribution is 1.96. The molecule has 1 aromatic rings. The molecule has 2 rings (SSSR count). The maximum absolute atomic E-state index is 11.6. The number of aromatic nitrogens is 3. The maximum atomic E-state index is 11.6. The summed E-state index contributed by atoms with van der Waals surface area (Å²) in [5.41, 5.74) is 0. The highest BCUT2D eigenvalue weighted by atomic mass is 16.5. The van der Waals surface area contributed by atoms with Crippen molar-refractivity contribution in [1.82, 2.24) is 25.2 Å². The Bertz CT molecular complexity index is 321. The Morgan fingerprint density at radius 2 is 2.25 bits per heavy atom. The van der Waals surface area contributed by atoms with Gasteiger partial charge < -0.3 is 15.0 Å². The molecule has 2 heterocycles. The van der Waals surface area contributed by atoms with Crippen LogP contribution in [0.3, 0.4) is 0 Å². The van der Waals surface area contributed by atoms with Gasteiger partial charge in [0, 0.05) is 25.8 Å². The number of carbonyl (C=O) groups excluding carboxylic acids is 1. The van der Waals surface area contributed by atoms with Crippen molar-refractivity contribution >= 4 is 6.03 Å². The third kappa shape index (κ3) is 2.93. The van der Waals surface area contributed by atoms with Crippen molar-refractivity contribution in [3.63, 3.8) is 0 Å². The van der Waals surface area contributed by atoms with Gasteiger partial charge in [-0.3, -0.25) is 4.68 Å². The summed E-state index contributed by atoms with van der Waals surface area (Å²) in [5.74, 6) is 0. The zero-order valence-corrected chi connectivity index (χ0v) is 9.00. The number of ether oxygens (including phenoxy) is 1. The number of nitrogens with one attached hydrogen (secondary N) is 1. The molecular weight excluding hydrogens is 210 g/mol. The summed E-state index contributed by atoms with van der Waals surface area (Å²) in [6, 6.07) is -0.0385. The van der Waals surface area contributed by atoms with Crippen LogP contribution in [-0.2, 0) is 11.3 Å². The fraction of sp³-hybridized carbons (Fsp3) is 0.667. The lowest BCUT2D eigenvalue weighted by Gasteiger charge is -2.26. The van der Waals surface area contributed by atoms with Crippen molar-refractivity contribution in [1.29, 1.82) is 0 Å². The standard InChI is InChI=1S/C9H15N5O2/c15-9(13-5-7-16-8-6-13)10-1-3-14-4-2-11-12-14/h2,4H,1,3,5-8H2,(H,10,15). The van der Waals surface area contributed by atoms with E-state index in [0.29, 0.717) is 39.4 Å². The highest BCUT2D eigenvalue weighted by Gasteiger charge is 2.15. The molecule has 7 nitrogen and oxygen atoms in total. The Kier molecular flexibility index (Phi) is 3.71. The SMILES string of the molecule is O=C(NCCn1ccnn1)N1CCOCC1. The van der Waals surface area contributed by atoms with Crippen molar-refractivity contribution in [2.45, 2.75) is 6.54 Å². The molecule has 2 amide bonds. The number of carbonyl (C=O) groups is 1. The first-order valence-corrected chi connectivity index (χ1v) is 5.31. The van der Waals surface area contributed by atoms with Gasteiger partial charge in [-0.25, -0.2) is 4.79 Å². The normalized spacial score (nSPS) is 16.1. The van der Waals surface area contributed by atoms with Crippen LogP contribution in [0.1, 0.15) is 0 Å². The summed E-state index contributed by atoms with van der Waals surface area (Å²) >= 11 is 0. The number of rotatable bonds is 3. The largest absolute Gasteiger partial charge is 0.378 e. The molecule has 0 aromatic carbocycles. The van der Waals surface area contributed by atoms with Crippen LogP contribution < -0.4 is 5.32 Å². The Morgan fingerprint density at radius 3 is 2.94 bits per heavy atom. The molecular formula is C9H15N5O2. The van der Waals surface area contributed by atoms with E-state index in [0.717, 1.165) is 0 Å². The van der Waals surface area contributed by atoms with Crippen molar-refractivity contribution in [2.24, 2.45) is 0 Å². The average Bonchev–Trinajstić information content (AvgIpc) is 2.83. The molecule has 7 heteroatoms. The third-order valence-corrected chi connectivity index (χ3v) is 2.39. The molecule has 1 N–H and O–H groups in total. The van der Waals surface area contributed by atoms with Crippen LogP contribution in [0.25, 0.3) is 0 Å². The summed E-state index contributed by atoms with van der Waals surface area (Å²) in [5, 5.41) is 10.3. The van der Waals surface area contributed by atoms with Crippen LogP contribution in [0.5, 0.6) is 0 Å². The first-order chi connectivity index (χ1) is 7.86. The van der Waals surface area contributed by atoms with Crippen molar-refractivity contribution in [2.75, 3.05) is 32.8 Å². The van der Waals surface area contributed by atoms with Gasteiger partial charge in [0.2, 0.25) is 0 Å². The van der Waals surface area contributed by atoms with E-state index < -0.39 is 0 Å². The summed E-state index contributed by atoms with van der Waals surface area (Å²) in [6.07, 6.45) is 3.38. The van der Waals surface area contributed by atoms with Crippen molar-refractivity contribution < 1.29 is 9.53 Å². The van der Waals surface area contributed by atoms with E-state index in [1.807, 2.05) is 0 Å². The molecule has 1 aliphatic rings. The van der Waals surface area contributed by atoms with Crippen molar-refractivity contribution in [3.8, 4) is 0 Å². The minimum absolute atomic E-state index is 0.0385. The fourth-order valence-corrected chi connectivity index (χ4v) is 1.51. The Morgan fingerprint density at radius 1 is 1.44 bits per heavy atom. The molecule has 0 atom stereocenters. The molecule has 0 spiro atoms. The van der Waals surface area contributed by atoms with E-state index in [1.165, 1.54) is 0 Å². The van der Waals surface area contributed by atoms with Gasteiger partial charge in [-0.1, -0.05) is 5.21 Å². The van der Waals surface area contributed by atoms with Crippen LogP contribution in [0.15, 0.2) is 12.4 Å². The molecule has 1 aliphatic heterocycles. The quantitative estimate of drug-likeness (QED) is 0.739. The van der Waals surface area contributed by atoms with Crippen LogP contribution >= 0.6 is 0 Å². The van der Waals surface area contributed by atoms with E-state index in [9.17, 15) is 4.79 Å². The van der Waals surface area contributed by atoms with E-state index in [2.05, 4.69) is 15.6 Å². The van der Waals surface area contributed by atoms with Crippen molar-refractivity contribution in [3.05, 3.63) is 12.4 Å². The van der Waals surface area contributed by atoms with Gasteiger partial charge in [-0.15, -0.1) is 5.10 Å². The smallest absolute Gasteiger partial charge is 0.317 e. The molecule has 16 heavy (non-hydrogen) atoms. The summed E-state index contributed by atoms with van der Waals surface area (Å²) in [4.78, 5) is 13.4. The van der Waals surface area contributed by atoms with E-state index >= 15 is 0 Å². The predicted molar refractivity (Wildman–Crippen MR) is 55.8 cm³/mol. The molecule has 1 saturated heterocycles. The monoisotopic (exact) mass is 225 g/mol. The summed E-state index contributed by atoms with van der Waals surface area (Å²) in [6.45, 7) is 3.76. The number of morpholine rings is 1.